The number of halogens is 3. The van der Waals surface area contributed by atoms with Crippen LogP contribution >= 0.6 is 0 Å². The standard InChI is InChI=1S/C16H21F3N2O3/c1-10(2)15(3,24)9-21-13(22)8-20-14(23)11-6-4-5-7-12(11)16(17,18)19/h4-7,10,24H,8-9H2,1-3H3,(H,20,23)(H,21,22). The van der Waals surface area contributed by atoms with E-state index < -0.39 is 41.3 Å². The van der Waals surface area contributed by atoms with Gasteiger partial charge in [0, 0.05) is 6.54 Å². The van der Waals surface area contributed by atoms with Gasteiger partial charge in [-0.2, -0.15) is 13.2 Å². The lowest BCUT2D eigenvalue weighted by Crippen LogP contribution is -2.47. The van der Waals surface area contributed by atoms with Crippen molar-refractivity contribution in [2.24, 2.45) is 5.92 Å². The molecule has 8 heteroatoms. The normalized spacial score (nSPS) is 14.2. The first-order valence-corrected chi connectivity index (χ1v) is 7.38. The van der Waals surface area contributed by atoms with Crippen molar-refractivity contribution in [1.82, 2.24) is 10.6 Å². The molecule has 0 saturated carbocycles. The predicted molar refractivity (Wildman–Crippen MR) is 82.2 cm³/mol. The van der Waals surface area contributed by atoms with Gasteiger partial charge in [-0.3, -0.25) is 9.59 Å². The Morgan fingerprint density at radius 3 is 2.29 bits per heavy atom. The summed E-state index contributed by atoms with van der Waals surface area (Å²) in [5.41, 5.74) is -2.74. The Kier molecular flexibility index (Phi) is 6.36. The summed E-state index contributed by atoms with van der Waals surface area (Å²) in [5, 5.41) is 14.6. The number of carbonyl (C=O) groups is 2. The largest absolute Gasteiger partial charge is 0.417 e. The fraction of sp³-hybridized carbons (Fsp3) is 0.500. The van der Waals surface area contributed by atoms with Crippen LogP contribution in [0.3, 0.4) is 0 Å². The van der Waals surface area contributed by atoms with Crippen molar-refractivity contribution in [3.63, 3.8) is 0 Å². The second-order valence-electron chi connectivity index (χ2n) is 6.01. The summed E-state index contributed by atoms with van der Waals surface area (Å²) in [6.07, 6.45) is -4.66. The monoisotopic (exact) mass is 346 g/mol. The molecule has 1 aromatic rings. The number of benzene rings is 1. The van der Waals surface area contributed by atoms with E-state index >= 15 is 0 Å². The van der Waals surface area contributed by atoms with Crippen LogP contribution in [0.1, 0.15) is 36.7 Å². The van der Waals surface area contributed by atoms with Gasteiger partial charge < -0.3 is 15.7 Å². The molecule has 2 amide bonds. The highest BCUT2D eigenvalue weighted by Gasteiger charge is 2.34. The minimum absolute atomic E-state index is 0.0293. The van der Waals surface area contributed by atoms with E-state index in [1.165, 1.54) is 12.1 Å². The second kappa shape index (κ2) is 7.65. The highest BCUT2D eigenvalue weighted by atomic mass is 19.4. The quantitative estimate of drug-likeness (QED) is 0.737. The lowest BCUT2D eigenvalue weighted by Gasteiger charge is -2.27. The van der Waals surface area contributed by atoms with Gasteiger partial charge in [0.25, 0.3) is 5.91 Å². The van der Waals surface area contributed by atoms with Crippen molar-refractivity contribution < 1.29 is 27.9 Å². The first-order valence-electron chi connectivity index (χ1n) is 7.38. The third kappa shape index (κ3) is 5.52. The minimum atomic E-state index is -4.66. The minimum Gasteiger partial charge on any atom is -0.388 e. The third-order valence-corrected chi connectivity index (χ3v) is 3.77. The molecule has 0 aliphatic rings. The van der Waals surface area contributed by atoms with Gasteiger partial charge in [-0.05, 0) is 25.0 Å². The van der Waals surface area contributed by atoms with Crippen molar-refractivity contribution in [2.75, 3.05) is 13.1 Å². The summed E-state index contributed by atoms with van der Waals surface area (Å²) < 4.78 is 38.5. The smallest absolute Gasteiger partial charge is 0.388 e. The van der Waals surface area contributed by atoms with Gasteiger partial charge in [-0.15, -0.1) is 0 Å². The van der Waals surface area contributed by atoms with E-state index in [0.29, 0.717) is 0 Å². The zero-order valence-electron chi connectivity index (χ0n) is 13.7. The third-order valence-electron chi connectivity index (χ3n) is 3.77. The van der Waals surface area contributed by atoms with E-state index in [4.69, 9.17) is 0 Å². The van der Waals surface area contributed by atoms with Crippen LogP contribution in [-0.2, 0) is 11.0 Å². The average Bonchev–Trinajstić information content (AvgIpc) is 2.49. The summed E-state index contributed by atoms with van der Waals surface area (Å²) in [6, 6.07) is 4.33. The Bertz CT molecular complexity index is 598. The Morgan fingerprint density at radius 1 is 1.17 bits per heavy atom. The molecule has 24 heavy (non-hydrogen) atoms. The molecule has 1 atom stereocenters. The number of aliphatic hydroxyl groups is 1. The van der Waals surface area contributed by atoms with Crippen LogP contribution in [0.2, 0.25) is 0 Å². The zero-order chi connectivity index (χ0) is 18.5. The molecule has 134 valence electrons. The molecule has 5 nitrogen and oxygen atoms in total. The fourth-order valence-corrected chi connectivity index (χ4v) is 1.73. The Morgan fingerprint density at radius 2 is 1.75 bits per heavy atom. The molecule has 3 N–H and O–H groups in total. The van der Waals surface area contributed by atoms with Crippen LogP contribution < -0.4 is 10.6 Å². The van der Waals surface area contributed by atoms with Crippen molar-refractivity contribution in [1.29, 1.82) is 0 Å². The molecule has 0 aliphatic carbocycles. The number of hydrogen-bond donors (Lipinski definition) is 3. The maximum atomic E-state index is 12.8. The average molecular weight is 346 g/mol. The van der Waals surface area contributed by atoms with Crippen LogP contribution in [0.5, 0.6) is 0 Å². The Hall–Kier alpha value is -2.09. The lowest BCUT2D eigenvalue weighted by atomic mass is 9.92. The number of hydrogen-bond acceptors (Lipinski definition) is 3. The Balaban J connectivity index is 2.63. The molecule has 0 aliphatic heterocycles. The summed E-state index contributed by atoms with van der Waals surface area (Å²) >= 11 is 0. The summed E-state index contributed by atoms with van der Waals surface area (Å²) in [6.45, 7) is 4.60. The maximum Gasteiger partial charge on any atom is 0.417 e. The number of carbonyl (C=O) groups excluding carboxylic acids is 2. The summed E-state index contributed by atoms with van der Waals surface area (Å²) in [5.74, 6) is -1.70. The first-order chi connectivity index (χ1) is 10.9. The number of rotatable bonds is 6. The van der Waals surface area contributed by atoms with Crippen LogP contribution in [0.15, 0.2) is 24.3 Å². The van der Waals surface area contributed by atoms with Gasteiger partial charge in [-0.1, -0.05) is 26.0 Å². The molecule has 1 rings (SSSR count). The van der Waals surface area contributed by atoms with Gasteiger partial charge >= 0.3 is 6.18 Å². The van der Waals surface area contributed by atoms with Crippen molar-refractivity contribution >= 4 is 11.8 Å². The summed E-state index contributed by atoms with van der Waals surface area (Å²) in [7, 11) is 0. The lowest BCUT2D eigenvalue weighted by molar-refractivity contribution is -0.137. The molecule has 0 radical (unpaired) electrons. The van der Waals surface area contributed by atoms with Crippen molar-refractivity contribution in [3.8, 4) is 0 Å². The molecule has 0 spiro atoms. The van der Waals surface area contributed by atoms with Crippen LogP contribution in [0.4, 0.5) is 13.2 Å². The SMILES string of the molecule is CC(C)C(C)(O)CNC(=O)CNC(=O)c1ccccc1C(F)(F)F. The van der Waals surface area contributed by atoms with E-state index in [9.17, 15) is 27.9 Å². The maximum absolute atomic E-state index is 12.8. The number of alkyl halides is 3. The van der Waals surface area contributed by atoms with Gasteiger partial charge in [0.1, 0.15) is 0 Å². The van der Waals surface area contributed by atoms with Gasteiger partial charge in [-0.25, -0.2) is 0 Å². The first kappa shape index (κ1) is 20.0. The fourth-order valence-electron chi connectivity index (χ4n) is 1.73. The molecule has 0 saturated heterocycles. The highest BCUT2D eigenvalue weighted by molar-refractivity contribution is 5.97. The second-order valence-corrected chi connectivity index (χ2v) is 6.01. The molecule has 1 aromatic carbocycles. The molecule has 0 fully saturated rings. The topological polar surface area (TPSA) is 78.4 Å². The molecule has 0 bridgehead atoms. The molecule has 1 unspecified atom stereocenters. The molecular formula is C16H21F3N2O3. The van der Waals surface area contributed by atoms with E-state index in [-0.39, 0.29) is 12.5 Å². The predicted octanol–water partition coefficient (Wildman–Crippen LogP) is 1.96. The van der Waals surface area contributed by atoms with E-state index in [1.54, 1.807) is 20.8 Å². The van der Waals surface area contributed by atoms with Crippen molar-refractivity contribution in [3.05, 3.63) is 35.4 Å². The molecule has 0 heterocycles. The summed E-state index contributed by atoms with van der Waals surface area (Å²) in [4.78, 5) is 23.6. The highest BCUT2D eigenvalue weighted by Crippen LogP contribution is 2.31. The van der Waals surface area contributed by atoms with E-state index in [0.717, 1.165) is 12.1 Å². The van der Waals surface area contributed by atoms with Gasteiger partial charge in [0.05, 0.1) is 23.3 Å². The van der Waals surface area contributed by atoms with E-state index in [2.05, 4.69) is 10.6 Å². The van der Waals surface area contributed by atoms with Crippen LogP contribution in [0.25, 0.3) is 0 Å². The van der Waals surface area contributed by atoms with Crippen LogP contribution in [-0.4, -0.2) is 35.6 Å². The van der Waals surface area contributed by atoms with Crippen molar-refractivity contribution in [2.45, 2.75) is 32.5 Å². The Labute approximate surface area is 138 Å². The van der Waals surface area contributed by atoms with E-state index in [1.807, 2.05) is 0 Å². The number of nitrogens with one attached hydrogen (secondary N) is 2. The number of amides is 2. The van der Waals surface area contributed by atoms with Crippen LogP contribution in [0, 0.1) is 5.92 Å². The van der Waals surface area contributed by atoms with Gasteiger partial charge in [0.2, 0.25) is 5.91 Å². The molecule has 0 aromatic heterocycles. The zero-order valence-corrected chi connectivity index (χ0v) is 13.7. The molecular weight excluding hydrogens is 325 g/mol. The van der Waals surface area contributed by atoms with Gasteiger partial charge in [0.15, 0.2) is 0 Å².